The number of nitrogen functional groups attached to an aromatic ring is 2. The summed E-state index contributed by atoms with van der Waals surface area (Å²) in [5.74, 6) is 0. The molecule has 1 aromatic carbocycles. The predicted octanol–water partition coefficient (Wildman–Crippen LogP) is -0.00220. The maximum Gasteiger partial charge on any atom is 0.296 e. The highest BCUT2D eigenvalue weighted by atomic mass is 35.5. The monoisotopic (exact) mass is 302 g/mol. The van der Waals surface area contributed by atoms with Gasteiger partial charge in [-0.3, -0.25) is 9.11 Å². The van der Waals surface area contributed by atoms with Crippen LogP contribution in [0.15, 0.2) is 15.9 Å². The molecule has 0 atom stereocenters. The van der Waals surface area contributed by atoms with Gasteiger partial charge in [-0.05, 0) is 6.07 Å². The molecule has 0 fully saturated rings. The molecule has 0 radical (unpaired) electrons. The fourth-order valence-electron chi connectivity index (χ4n) is 1.06. The van der Waals surface area contributed by atoms with Crippen molar-refractivity contribution < 1.29 is 25.9 Å². The van der Waals surface area contributed by atoms with E-state index in [-0.39, 0.29) is 0 Å². The van der Waals surface area contributed by atoms with Gasteiger partial charge < -0.3 is 11.5 Å². The van der Waals surface area contributed by atoms with Gasteiger partial charge in [0, 0.05) is 0 Å². The van der Waals surface area contributed by atoms with Crippen LogP contribution >= 0.6 is 11.6 Å². The Balaban J connectivity index is 3.88. The molecule has 0 saturated heterocycles. The van der Waals surface area contributed by atoms with Gasteiger partial charge in [-0.1, -0.05) is 11.6 Å². The number of anilines is 2. The maximum atomic E-state index is 10.9. The second-order valence-corrected chi connectivity index (χ2v) is 6.12. The van der Waals surface area contributed by atoms with Crippen molar-refractivity contribution in [2.45, 2.75) is 9.79 Å². The molecule has 8 nitrogen and oxygen atoms in total. The van der Waals surface area contributed by atoms with Crippen LogP contribution < -0.4 is 11.5 Å². The average molecular weight is 303 g/mol. The molecule has 0 spiro atoms. The van der Waals surface area contributed by atoms with Gasteiger partial charge in [0.15, 0.2) is 0 Å². The third-order valence-electron chi connectivity index (χ3n) is 1.82. The van der Waals surface area contributed by atoms with Crippen LogP contribution in [-0.4, -0.2) is 25.9 Å². The number of rotatable bonds is 2. The van der Waals surface area contributed by atoms with Gasteiger partial charge in [-0.15, -0.1) is 0 Å². The van der Waals surface area contributed by atoms with Gasteiger partial charge in [0.25, 0.3) is 20.2 Å². The summed E-state index contributed by atoms with van der Waals surface area (Å²) >= 11 is 5.50. The molecular formula is C6H7ClN2O6S2. The van der Waals surface area contributed by atoms with Crippen LogP contribution in [0.3, 0.4) is 0 Å². The van der Waals surface area contributed by atoms with Crippen molar-refractivity contribution in [3.05, 3.63) is 11.1 Å². The Morgan fingerprint density at radius 3 is 1.47 bits per heavy atom. The van der Waals surface area contributed by atoms with E-state index in [9.17, 15) is 16.8 Å². The highest BCUT2D eigenvalue weighted by molar-refractivity contribution is 7.86. The summed E-state index contributed by atoms with van der Waals surface area (Å²) in [4.78, 5) is -1.91. The number of nitrogens with two attached hydrogens (primary N) is 2. The Bertz CT molecular complexity index is 625. The third-order valence-corrected chi connectivity index (χ3v) is 4.02. The second-order valence-electron chi connectivity index (χ2n) is 2.96. The zero-order valence-electron chi connectivity index (χ0n) is 7.95. The highest BCUT2D eigenvalue weighted by Gasteiger charge is 2.25. The van der Waals surface area contributed by atoms with E-state index in [1.165, 1.54) is 0 Å². The van der Waals surface area contributed by atoms with Gasteiger partial charge in [0.05, 0.1) is 16.4 Å². The summed E-state index contributed by atoms with van der Waals surface area (Å²) in [5, 5.41) is -0.590. The van der Waals surface area contributed by atoms with Crippen molar-refractivity contribution in [3.63, 3.8) is 0 Å². The molecule has 1 rings (SSSR count). The Labute approximate surface area is 102 Å². The first-order chi connectivity index (χ1) is 7.46. The fourth-order valence-corrected chi connectivity index (χ4v) is 2.75. The molecule has 0 unspecified atom stereocenters. The lowest BCUT2D eigenvalue weighted by molar-refractivity contribution is 0.482. The first-order valence-electron chi connectivity index (χ1n) is 3.78. The number of hydrogen-bond acceptors (Lipinski definition) is 6. The molecule has 0 saturated carbocycles. The van der Waals surface area contributed by atoms with Crippen LogP contribution in [0.4, 0.5) is 11.4 Å². The number of halogens is 1. The first-order valence-corrected chi connectivity index (χ1v) is 7.04. The van der Waals surface area contributed by atoms with Crippen LogP contribution in [0.1, 0.15) is 0 Å². The largest absolute Gasteiger partial charge is 0.396 e. The molecule has 0 aliphatic carbocycles. The minimum absolute atomic E-state index is 0.418. The molecule has 0 aromatic heterocycles. The molecule has 6 N–H and O–H groups in total. The number of hydrogen-bond donors (Lipinski definition) is 4. The predicted molar refractivity (Wildman–Crippen MR) is 59.9 cm³/mol. The summed E-state index contributed by atoms with van der Waals surface area (Å²) in [6, 6.07) is 0.418. The Morgan fingerprint density at radius 1 is 0.941 bits per heavy atom. The Kier molecular flexibility index (Phi) is 3.29. The summed E-state index contributed by atoms with van der Waals surface area (Å²) in [7, 11) is -9.59. The summed E-state index contributed by atoms with van der Waals surface area (Å²) in [6.07, 6.45) is 0. The molecule has 1 aromatic rings. The topological polar surface area (TPSA) is 161 Å². The molecular weight excluding hydrogens is 296 g/mol. The van der Waals surface area contributed by atoms with Crippen LogP contribution in [0.5, 0.6) is 0 Å². The Morgan fingerprint density at radius 2 is 1.24 bits per heavy atom. The van der Waals surface area contributed by atoms with E-state index in [2.05, 4.69) is 0 Å². The van der Waals surface area contributed by atoms with Crippen molar-refractivity contribution in [3.8, 4) is 0 Å². The molecule has 0 amide bonds. The smallest absolute Gasteiger partial charge is 0.296 e. The molecule has 17 heavy (non-hydrogen) atoms. The highest BCUT2D eigenvalue weighted by Crippen LogP contribution is 2.36. The normalized spacial score (nSPS) is 12.6. The van der Waals surface area contributed by atoms with E-state index in [0.29, 0.717) is 6.07 Å². The lowest BCUT2D eigenvalue weighted by Gasteiger charge is -2.10. The van der Waals surface area contributed by atoms with Crippen molar-refractivity contribution in [2.24, 2.45) is 0 Å². The van der Waals surface area contributed by atoms with E-state index in [1.807, 2.05) is 0 Å². The lowest BCUT2D eigenvalue weighted by atomic mass is 10.3. The van der Waals surface area contributed by atoms with Crippen LogP contribution in [-0.2, 0) is 20.2 Å². The molecule has 96 valence electrons. The molecule has 0 aliphatic rings. The van der Waals surface area contributed by atoms with Crippen LogP contribution in [0, 0.1) is 0 Å². The van der Waals surface area contributed by atoms with Crippen LogP contribution in [0.25, 0.3) is 0 Å². The van der Waals surface area contributed by atoms with E-state index >= 15 is 0 Å². The minimum Gasteiger partial charge on any atom is -0.396 e. The van der Waals surface area contributed by atoms with Gasteiger partial charge in [-0.2, -0.15) is 16.8 Å². The van der Waals surface area contributed by atoms with Gasteiger partial charge in [0.1, 0.15) is 9.79 Å². The second kappa shape index (κ2) is 3.99. The minimum atomic E-state index is -4.80. The fraction of sp³-hybridized carbons (Fsp3) is 0. The van der Waals surface area contributed by atoms with Gasteiger partial charge in [0.2, 0.25) is 0 Å². The van der Waals surface area contributed by atoms with Gasteiger partial charge >= 0.3 is 0 Å². The van der Waals surface area contributed by atoms with Crippen molar-refractivity contribution in [1.29, 1.82) is 0 Å². The molecule has 0 bridgehead atoms. The molecule has 11 heteroatoms. The van der Waals surface area contributed by atoms with E-state index < -0.39 is 46.4 Å². The zero-order chi connectivity index (χ0) is 13.6. The average Bonchev–Trinajstić information content (AvgIpc) is 2.10. The summed E-state index contributed by atoms with van der Waals surface area (Å²) in [6.45, 7) is 0. The zero-order valence-corrected chi connectivity index (χ0v) is 10.3. The quantitative estimate of drug-likeness (QED) is 0.438. The summed E-state index contributed by atoms with van der Waals surface area (Å²) in [5.41, 5.74) is 9.28. The number of benzene rings is 1. The van der Waals surface area contributed by atoms with Crippen LogP contribution in [0.2, 0.25) is 5.02 Å². The first kappa shape index (κ1) is 14.0. The van der Waals surface area contributed by atoms with Crippen molar-refractivity contribution >= 4 is 43.2 Å². The Hall–Kier alpha value is -1.07. The molecule has 0 aliphatic heterocycles. The van der Waals surface area contributed by atoms with Gasteiger partial charge in [-0.25, -0.2) is 0 Å². The SMILES string of the molecule is Nc1c(S(=O)(=O)O)cc(S(=O)(=O)O)c(N)c1Cl. The third kappa shape index (κ3) is 2.61. The maximum absolute atomic E-state index is 10.9. The molecule has 0 heterocycles. The summed E-state index contributed by atoms with van der Waals surface area (Å²) < 4.78 is 61.2. The standard InChI is InChI=1S/C6H7ClN2O6S2/c7-4-5(8)2(16(10,11)12)1-3(6(4)9)17(13,14)15/h1H,8-9H2,(H,10,11,12)(H,13,14,15). The van der Waals surface area contributed by atoms with Crippen molar-refractivity contribution in [2.75, 3.05) is 11.5 Å². The van der Waals surface area contributed by atoms with E-state index in [0.717, 1.165) is 0 Å². The lowest BCUT2D eigenvalue weighted by Crippen LogP contribution is -2.10. The van der Waals surface area contributed by atoms with E-state index in [1.54, 1.807) is 0 Å². The van der Waals surface area contributed by atoms with Crippen molar-refractivity contribution in [1.82, 2.24) is 0 Å². The van der Waals surface area contributed by atoms with E-state index in [4.69, 9.17) is 32.2 Å².